The SMILES string of the molecule is C#Cc1c(F)ccc2cc(O)cc(-c3nc(OC)c4c(N5CC6CCC(C5)N6)nc(=O)n(C)c4c3F)c12. The summed E-state index contributed by atoms with van der Waals surface area (Å²) in [4.78, 5) is 23.7. The molecule has 0 radical (unpaired) electrons. The van der Waals surface area contributed by atoms with Crippen molar-refractivity contribution in [2.75, 3.05) is 25.1 Å². The van der Waals surface area contributed by atoms with Crippen molar-refractivity contribution in [1.29, 1.82) is 0 Å². The number of halogens is 2. The van der Waals surface area contributed by atoms with Crippen molar-refractivity contribution in [3.63, 3.8) is 0 Å². The molecule has 2 N–H and O–H groups in total. The van der Waals surface area contributed by atoms with Crippen LogP contribution in [0.15, 0.2) is 29.1 Å². The van der Waals surface area contributed by atoms with Gasteiger partial charge in [0, 0.05) is 43.2 Å². The van der Waals surface area contributed by atoms with Gasteiger partial charge >= 0.3 is 5.69 Å². The minimum Gasteiger partial charge on any atom is -0.508 e. The number of ether oxygens (including phenoxy) is 1. The van der Waals surface area contributed by atoms with E-state index in [-0.39, 0.29) is 56.8 Å². The van der Waals surface area contributed by atoms with Crippen molar-refractivity contribution in [2.45, 2.75) is 24.9 Å². The molecule has 6 rings (SSSR count). The summed E-state index contributed by atoms with van der Waals surface area (Å²) in [6.45, 7) is 1.22. The summed E-state index contributed by atoms with van der Waals surface area (Å²) in [6.07, 6.45) is 7.63. The lowest BCUT2D eigenvalue weighted by atomic mass is 9.95. The predicted octanol–water partition coefficient (Wildman–Crippen LogP) is 3.06. The Kier molecular flexibility index (Phi) is 5.28. The number of piperazine rings is 1. The smallest absolute Gasteiger partial charge is 0.349 e. The zero-order valence-corrected chi connectivity index (χ0v) is 20.2. The summed E-state index contributed by atoms with van der Waals surface area (Å²) in [5.74, 6) is 0.995. The lowest BCUT2D eigenvalue weighted by molar-refractivity contribution is 0.401. The van der Waals surface area contributed by atoms with Gasteiger partial charge in [0.25, 0.3) is 0 Å². The third-order valence-electron chi connectivity index (χ3n) is 7.29. The number of pyridine rings is 1. The van der Waals surface area contributed by atoms with E-state index < -0.39 is 17.3 Å². The molecule has 0 aliphatic carbocycles. The maximum atomic E-state index is 16.5. The Morgan fingerprint density at radius 1 is 1.16 bits per heavy atom. The van der Waals surface area contributed by atoms with E-state index in [1.807, 2.05) is 4.90 Å². The fraction of sp³-hybridized carbons (Fsp3) is 0.296. The third kappa shape index (κ3) is 3.49. The number of rotatable bonds is 3. The average molecular weight is 504 g/mol. The molecular formula is C27H23F2N5O3. The van der Waals surface area contributed by atoms with Crippen LogP contribution in [0.3, 0.4) is 0 Å². The summed E-state index contributed by atoms with van der Waals surface area (Å²) >= 11 is 0. The average Bonchev–Trinajstić information content (AvgIpc) is 3.23. The van der Waals surface area contributed by atoms with Crippen LogP contribution in [0.2, 0.25) is 0 Å². The molecule has 2 atom stereocenters. The molecule has 2 aliphatic heterocycles. The number of nitrogens with zero attached hydrogens (tertiary/aromatic N) is 4. The quantitative estimate of drug-likeness (QED) is 0.415. The summed E-state index contributed by atoms with van der Waals surface area (Å²) in [6, 6.07) is 5.81. The molecule has 188 valence electrons. The first-order valence-corrected chi connectivity index (χ1v) is 11.9. The molecule has 2 aromatic carbocycles. The number of aromatic hydroxyl groups is 1. The van der Waals surface area contributed by atoms with Crippen LogP contribution in [-0.4, -0.2) is 51.9 Å². The van der Waals surface area contributed by atoms with Crippen LogP contribution in [0, 0.1) is 24.0 Å². The number of phenols is 1. The highest BCUT2D eigenvalue weighted by molar-refractivity contribution is 6.04. The Morgan fingerprint density at radius 3 is 2.57 bits per heavy atom. The number of hydrogen-bond acceptors (Lipinski definition) is 7. The van der Waals surface area contributed by atoms with Gasteiger partial charge in [-0.2, -0.15) is 4.98 Å². The third-order valence-corrected chi connectivity index (χ3v) is 7.29. The van der Waals surface area contributed by atoms with E-state index in [2.05, 4.69) is 21.2 Å². The van der Waals surface area contributed by atoms with Crippen LogP contribution < -0.4 is 20.6 Å². The molecule has 2 saturated heterocycles. The second-order valence-corrected chi connectivity index (χ2v) is 9.49. The first-order valence-electron chi connectivity index (χ1n) is 11.9. The van der Waals surface area contributed by atoms with E-state index >= 15 is 4.39 Å². The molecule has 2 aromatic heterocycles. The second-order valence-electron chi connectivity index (χ2n) is 9.49. The number of terminal acetylenes is 1. The van der Waals surface area contributed by atoms with Crippen LogP contribution >= 0.6 is 0 Å². The van der Waals surface area contributed by atoms with E-state index in [9.17, 15) is 14.3 Å². The number of methoxy groups -OCH3 is 1. The van der Waals surface area contributed by atoms with Crippen LogP contribution in [0.4, 0.5) is 14.6 Å². The first-order chi connectivity index (χ1) is 17.8. The maximum absolute atomic E-state index is 16.5. The van der Waals surface area contributed by atoms with Crippen molar-refractivity contribution in [2.24, 2.45) is 7.05 Å². The fourth-order valence-corrected chi connectivity index (χ4v) is 5.64. The van der Waals surface area contributed by atoms with Gasteiger partial charge in [-0.15, -0.1) is 6.42 Å². The Labute approximate surface area is 210 Å². The highest BCUT2D eigenvalue weighted by Gasteiger charge is 2.35. The van der Waals surface area contributed by atoms with E-state index in [1.54, 1.807) is 0 Å². The molecule has 4 aromatic rings. The van der Waals surface area contributed by atoms with Crippen LogP contribution in [0.1, 0.15) is 18.4 Å². The van der Waals surface area contributed by atoms with Gasteiger partial charge in [-0.1, -0.05) is 12.0 Å². The van der Waals surface area contributed by atoms with Gasteiger partial charge in [-0.25, -0.2) is 18.6 Å². The van der Waals surface area contributed by atoms with Gasteiger partial charge in [-0.3, -0.25) is 4.57 Å². The maximum Gasteiger partial charge on any atom is 0.349 e. The minimum atomic E-state index is -0.837. The number of nitrogens with one attached hydrogen (secondary N) is 1. The summed E-state index contributed by atoms with van der Waals surface area (Å²) < 4.78 is 37.8. The second kappa shape index (κ2) is 8.42. The van der Waals surface area contributed by atoms with Gasteiger partial charge in [-0.05, 0) is 36.4 Å². The standard InChI is InChI=1S/C27H23F2N5O3/c1-4-17-19(28)8-5-13-9-16(35)10-18(20(13)17)23-22(29)24-21(26(31-23)37-3)25(32-27(36)33(24)2)34-11-14-6-7-15(12-34)30-14/h1,5,8-10,14-15,30,35H,6-7,11-12H2,2-3H3. The molecule has 0 saturated carbocycles. The molecule has 10 heteroatoms. The normalized spacial score (nSPS) is 18.9. The molecule has 37 heavy (non-hydrogen) atoms. The number of benzene rings is 2. The largest absolute Gasteiger partial charge is 0.508 e. The molecule has 2 fully saturated rings. The number of aryl methyl sites for hydroxylation is 1. The van der Waals surface area contributed by atoms with Gasteiger partial charge in [0.05, 0.1) is 18.2 Å². The molecule has 2 unspecified atom stereocenters. The van der Waals surface area contributed by atoms with Crippen LogP contribution in [0.5, 0.6) is 11.6 Å². The molecule has 0 spiro atoms. The first kappa shape index (κ1) is 23.2. The molecule has 2 aliphatic rings. The van der Waals surface area contributed by atoms with E-state index in [4.69, 9.17) is 11.2 Å². The van der Waals surface area contributed by atoms with Gasteiger partial charge < -0.3 is 20.1 Å². The number of anilines is 1. The monoisotopic (exact) mass is 503 g/mol. The lowest BCUT2D eigenvalue weighted by Crippen LogP contribution is -2.52. The number of hydrogen-bond donors (Lipinski definition) is 2. The zero-order chi connectivity index (χ0) is 26.0. The Bertz CT molecular complexity index is 1700. The van der Waals surface area contributed by atoms with Gasteiger partial charge in [0.2, 0.25) is 5.88 Å². The van der Waals surface area contributed by atoms with Crippen molar-refractivity contribution in [3.05, 3.63) is 51.9 Å². The Balaban J connectivity index is 1.69. The predicted molar refractivity (Wildman–Crippen MR) is 136 cm³/mol. The molecule has 4 heterocycles. The Hall–Kier alpha value is -4.23. The highest BCUT2D eigenvalue weighted by Crippen LogP contribution is 2.41. The number of fused-ring (bicyclic) bond motifs is 4. The zero-order valence-electron chi connectivity index (χ0n) is 20.2. The lowest BCUT2D eigenvalue weighted by Gasteiger charge is -2.34. The van der Waals surface area contributed by atoms with Crippen molar-refractivity contribution in [1.82, 2.24) is 19.9 Å². The van der Waals surface area contributed by atoms with Crippen molar-refractivity contribution in [3.8, 4) is 35.2 Å². The van der Waals surface area contributed by atoms with Crippen molar-refractivity contribution < 1.29 is 18.6 Å². The number of aromatic nitrogens is 3. The molecule has 2 bridgehead atoms. The Morgan fingerprint density at radius 2 is 1.89 bits per heavy atom. The fourth-order valence-electron chi connectivity index (χ4n) is 5.64. The summed E-state index contributed by atoms with van der Waals surface area (Å²) in [5, 5.41) is 14.8. The van der Waals surface area contributed by atoms with Gasteiger partial charge in [0.1, 0.15) is 28.5 Å². The van der Waals surface area contributed by atoms with E-state index in [0.29, 0.717) is 24.3 Å². The van der Waals surface area contributed by atoms with E-state index in [1.165, 1.54) is 38.4 Å². The highest BCUT2D eigenvalue weighted by atomic mass is 19.1. The summed E-state index contributed by atoms with van der Waals surface area (Å²) in [7, 11) is 2.81. The molecular weight excluding hydrogens is 480 g/mol. The minimum absolute atomic E-state index is 0.0468. The summed E-state index contributed by atoms with van der Waals surface area (Å²) in [5.41, 5.74) is -0.945. The van der Waals surface area contributed by atoms with E-state index in [0.717, 1.165) is 17.4 Å². The van der Waals surface area contributed by atoms with Crippen molar-refractivity contribution >= 4 is 27.5 Å². The van der Waals surface area contributed by atoms with Gasteiger partial charge in [0.15, 0.2) is 5.82 Å². The molecule has 8 nitrogen and oxygen atoms in total. The topological polar surface area (TPSA) is 92.5 Å². The van der Waals surface area contributed by atoms with Crippen LogP contribution in [-0.2, 0) is 7.05 Å². The molecule has 0 amide bonds. The number of phenolic OH excluding ortho intramolecular Hbond substituents is 1. The van der Waals surface area contributed by atoms with Crippen LogP contribution in [0.25, 0.3) is 32.9 Å².